The van der Waals surface area contributed by atoms with E-state index in [0.29, 0.717) is 19.0 Å². The Balaban J connectivity index is 1.58. The van der Waals surface area contributed by atoms with Crippen LogP contribution in [0.5, 0.6) is 11.5 Å². The molecule has 0 aromatic heterocycles. The molecule has 0 atom stereocenters. The maximum absolute atomic E-state index is 11.2. The lowest BCUT2D eigenvalue weighted by Gasteiger charge is -2.31. The lowest BCUT2D eigenvalue weighted by atomic mass is 10.2. The number of ether oxygens (including phenoxy) is 2. The number of para-hydroxylation sites is 2. The van der Waals surface area contributed by atoms with Crippen LogP contribution in [0.3, 0.4) is 0 Å². The minimum Gasteiger partial charge on any atom is -0.492 e. The molecule has 0 unspecified atom stereocenters. The van der Waals surface area contributed by atoms with Crippen molar-refractivity contribution < 1.29 is 17.9 Å². The number of sulfonamides is 1. The third kappa shape index (κ3) is 3.75. The Labute approximate surface area is 135 Å². The summed E-state index contributed by atoms with van der Waals surface area (Å²) in [6.45, 7) is 2.67. The molecule has 0 amide bonds. The Hall–Kier alpha value is -2.25. The Morgan fingerprint density at radius 3 is 2.61 bits per heavy atom. The second-order valence-corrected chi connectivity index (χ2v) is 6.73. The van der Waals surface area contributed by atoms with Gasteiger partial charge in [-0.1, -0.05) is 12.1 Å². The number of nitrogens with zero attached hydrogens (tertiary/aromatic N) is 1. The van der Waals surface area contributed by atoms with Gasteiger partial charge in [0, 0.05) is 0 Å². The van der Waals surface area contributed by atoms with Gasteiger partial charge in [0.05, 0.1) is 23.7 Å². The van der Waals surface area contributed by atoms with Crippen molar-refractivity contribution >= 4 is 15.7 Å². The second kappa shape index (κ2) is 6.47. The maximum atomic E-state index is 11.2. The molecule has 7 heteroatoms. The van der Waals surface area contributed by atoms with Crippen LogP contribution in [0.2, 0.25) is 0 Å². The number of primary sulfonamides is 1. The Morgan fingerprint density at radius 2 is 1.87 bits per heavy atom. The normalized spacial score (nSPS) is 14.0. The SMILES string of the molecule is NS(=O)(=O)c1ccc(OCCN2CCOc3ccccc32)cc1. The fraction of sp³-hybridized carbons (Fsp3) is 0.250. The highest BCUT2D eigenvalue weighted by Gasteiger charge is 2.17. The summed E-state index contributed by atoms with van der Waals surface area (Å²) < 4.78 is 33.7. The predicted octanol–water partition coefficient (Wildman–Crippen LogP) is 1.61. The molecule has 6 nitrogen and oxygen atoms in total. The van der Waals surface area contributed by atoms with Crippen molar-refractivity contribution in [3.8, 4) is 11.5 Å². The molecule has 122 valence electrons. The van der Waals surface area contributed by atoms with E-state index in [0.717, 1.165) is 24.5 Å². The lowest BCUT2D eigenvalue weighted by molar-refractivity contribution is 0.288. The molecule has 0 bridgehead atoms. The van der Waals surface area contributed by atoms with Gasteiger partial charge in [-0.2, -0.15) is 0 Å². The van der Waals surface area contributed by atoms with Crippen LogP contribution in [0.4, 0.5) is 5.69 Å². The molecule has 1 aliphatic rings. The average molecular weight is 334 g/mol. The molecule has 3 rings (SSSR count). The van der Waals surface area contributed by atoms with Crippen molar-refractivity contribution in [2.45, 2.75) is 4.90 Å². The van der Waals surface area contributed by atoms with E-state index < -0.39 is 10.0 Å². The number of nitrogens with two attached hydrogens (primary N) is 1. The van der Waals surface area contributed by atoms with E-state index in [9.17, 15) is 8.42 Å². The van der Waals surface area contributed by atoms with Crippen LogP contribution in [-0.2, 0) is 10.0 Å². The summed E-state index contributed by atoms with van der Waals surface area (Å²) in [6, 6.07) is 14.0. The third-order valence-electron chi connectivity index (χ3n) is 3.61. The van der Waals surface area contributed by atoms with Crippen LogP contribution in [0.1, 0.15) is 0 Å². The van der Waals surface area contributed by atoms with E-state index in [1.165, 1.54) is 12.1 Å². The highest BCUT2D eigenvalue weighted by Crippen LogP contribution is 2.30. The number of fused-ring (bicyclic) bond motifs is 1. The molecule has 2 aromatic rings. The van der Waals surface area contributed by atoms with E-state index >= 15 is 0 Å². The first-order chi connectivity index (χ1) is 11.0. The second-order valence-electron chi connectivity index (χ2n) is 5.17. The Bertz CT molecular complexity index is 775. The van der Waals surface area contributed by atoms with Crippen LogP contribution in [-0.4, -0.2) is 34.7 Å². The first-order valence-corrected chi connectivity index (χ1v) is 8.81. The monoisotopic (exact) mass is 334 g/mol. The average Bonchev–Trinajstić information content (AvgIpc) is 2.55. The largest absolute Gasteiger partial charge is 0.492 e. The van der Waals surface area contributed by atoms with Crippen molar-refractivity contribution in [1.82, 2.24) is 0 Å². The van der Waals surface area contributed by atoms with Crippen molar-refractivity contribution in [1.29, 1.82) is 0 Å². The van der Waals surface area contributed by atoms with Gasteiger partial charge in [0.15, 0.2) is 0 Å². The molecule has 1 heterocycles. The minimum atomic E-state index is -3.67. The van der Waals surface area contributed by atoms with Crippen molar-refractivity contribution in [2.75, 3.05) is 31.2 Å². The first kappa shape index (κ1) is 15.6. The summed E-state index contributed by atoms with van der Waals surface area (Å²) >= 11 is 0. The predicted molar refractivity (Wildman–Crippen MR) is 87.5 cm³/mol. The van der Waals surface area contributed by atoms with Crippen molar-refractivity contribution in [3.63, 3.8) is 0 Å². The summed E-state index contributed by atoms with van der Waals surface area (Å²) in [6.07, 6.45) is 0. The number of benzene rings is 2. The molecule has 1 aliphatic heterocycles. The van der Waals surface area contributed by atoms with Gasteiger partial charge in [-0.3, -0.25) is 0 Å². The summed E-state index contributed by atoms with van der Waals surface area (Å²) in [7, 11) is -3.67. The topological polar surface area (TPSA) is 81.9 Å². The van der Waals surface area contributed by atoms with Gasteiger partial charge in [-0.15, -0.1) is 0 Å². The zero-order valence-corrected chi connectivity index (χ0v) is 13.3. The Morgan fingerprint density at radius 1 is 1.13 bits per heavy atom. The fourth-order valence-corrected chi connectivity index (χ4v) is 2.97. The first-order valence-electron chi connectivity index (χ1n) is 7.26. The van der Waals surface area contributed by atoms with Crippen molar-refractivity contribution in [3.05, 3.63) is 48.5 Å². The van der Waals surface area contributed by atoms with Gasteiger partial charge < -0.3 is 14.4 Å². The quantitative estimate of drug-likeness (QED) is 0.898. The molecule has 0 saturated heterocycles. The molecule has 2 N–H and O–H groups in total. The molecule has 0 aliphatic carbocycles. The van der Waals surface area contributed by atoms with Gasteiger partial charge in [0.25, 0.3) is 0 Å². The van der Waals surface area contributed by atoms with Crippen LogP contribution < -0.4 is 19.5 Å². The van der Waals surface area contributed by atoms with Gasteiger partial charge in [-0.25, -0.2) is 13.6 Å². The van der Waals surface area contributed by atoms with Crippen LogP contribution in [0.25, 0.3) is 0 Å². The minimum absolute atomic E-state index is 0.0759. The van der Waals surface area contributed by atoms with E-state index in [2.05, 4.69) is 4.90 Å². The van der Waals surface area contributed by atoms with E-state index in [4.69, 9.17) is 14.6 Å². The highest BCUT2D eigenvalue weighted by molar-refractivity contribution is 7.89. The number of rotatable bonds is 5. The smallest absolute Gasteiger partial charge is 0.238 e. The van der Waals surface area contributed by atoms with Gasteiger partial charge in [0.1, 0.15) is 24.7 Å². The molecule has 0 radical (unpaired) electrons. The van der Waals surface area contributed by atoms with Gasteiger partial charge >= 0.3 is 0 Å². The van der Waals surface area contributed by atoms with Crippen LogP contribution >= 0.6 is 0 Å². The fourth-order valence-electron chi connectivity index (χ4n) is 2.46. The number of hydrogen-bond acceptors (Lipinski definition) is 5. The van der Waals surface area contributed by atoms with E-state index in [-0.39, 0.29) is 4.90 Å². The number of anilines is 1. The maximum Gasteiger partial charge on any atom is 0.238 e. The molecular formula is C16H18N2O4S. The van der Waals surface area contributed by atoms with Gasteiger partial charge in [-0.05, 0) is 36.4 Å². The standard InChI is InChI=1S/C16H18N2O4S/c17-23(19,20)14-7-5-13(6-8-14)21-11-9-18-10-12-22-16-4-2-1-3-15(16)18/h1-8H,9-12H2,(H2,17,19,20). The summed E-state index contributed by atoms with van der Waals surface area (Å²) in [5.74, 6) is 1.50. The van der Waals surface area contributed by atoms with Crippen molar-refractivity contribution in [2.24, 2.45) is 5.14 Å². The zero-order chi connectivity index (χ0) is 16.3. The summed E-state index contributed by atoms with van der Waals surface area (Å²) in [5.41, 5.74) is 1.06. The third-order valence-corrected chi connectivity index (χ3v) is 4.54. The molecular weight excluding hydrogens is 316 g/mol. The summed E-state index contributed by atoms with van der Waals surface area (Å²) in [4.78, 5) is 2.28. The molecule has 0 spiro atoms. The summed E-state index contributed by atoms with van der Waals surface area (Å²) in [5, 5.41) is 5.06. The number of hydrogen-bond donors (Lipinski definition) is 1. The molecule has 23 heavy (non-hydrogen) atoms. The molecule has 2 aromatic carbocycles. The highest BCUT2D eigenvalue weighted by atomic mass is 32.2. The van der Waals surface area contributed by atoms with Crippen LogP contribution in [0.15, 0.2) is 53.4 Å². The van der Waals surface area contributed by atoms with E-state index in [1.807, 2.05) is 24.3 Å². The molecule has 0 fully saturated rings. The Kier molecular flexibility index (Phi) is 4.40. The molecule has 0 saturated carbocycles. The van der Waals surface area contributed by atoms with Crippen LogP contribution in [0, 0.1) is 0 Å². The van der Waals surface area contributed by atoms with Gasteiger partial charge in [0.2, 0.25) is 10.0 Å². The van der Waals surface area contributed by atoms with E-state index in [1.54, 1.807) is 12.1 Å². The zero-order valence-electron chi connectivity index (χ0n) is 12.5. The lowest BCUT2D eigenvalue weighted by Crippen LogP contribution is -2.35.